The van der Waals surface area contributed by atoms with Crippen molar-refractivity contribution in [2.45, 2.75) is 27.2 Å². The summed E-state index contributed by atoms with van der Waals surface area (Å²) in [5, 5.41) is 11.5. The Morgan fingerprint density at radius 2 is 1.23 bits per heavy atom. The van der Waals surface area contributed by atoms with E-state index in [1.165, 1.54) is 5.57 Å². The summed E-state index contributed by atoms with van der Waals surface area (Å²) in [5.41, 5.74) is 11.3. The van der Waals surface area contributed by atoms with E-state index in [4.69, 9.17) is 19.4 Å². The quantitative estimate of drug-likeness (QED) is 0.139. The Morgan fingerprint density at radius 1 is 0.643 bits per heavy atom. The molecule has 0 bridgehead atoms. The Kier molecular flexibility index (Phi) is 9.79. The second-order valence-electron chi connectivity index (χ2n) is 15.0. The largest absolute Gasteiger partial charge is 0.456 e. The lowest BCUT2D eigenvalue weighted by Crippen LogP contribution is -2.06. The van der Waals surface area contributed by atoms with E-state index in [2.05, 4.69) is 94.1 Å². The molecule has 56 heavy (non-hydrogen) atoms. The standard InChI is InChI=1S/C51H40N4O/c1-5-35(27-28-41(32-51(2,3)4)36-25-23-34(33-52)24-26-36)42-29-30-45-47(43-21-12-13-22-44(43)56-45)46(42)39-19-14-20-40(31-39)50-54-48(37-15-8-6-9-16-37)53-49(55-50)38-17-10-7-11-18-38/h5-31H,1,32H2,2-4H3/b35-27+,41-28+. The Bertz CT molecular complexity index is 2760. The van der Waals surface area contributed by atoms with Gasteiger partial charge in [0.25, 0.3) is 0 Å². The van der Waals surface area contributed by atoms with Crippen molar-refractivity contribution in [3.8, 4) is 51.4 Å². The Hall–Kier alpha value is -7.16. The minimum Gasteiger partial charge on any atom is -0.456 e. The molecule has 0 radical (unpaired) electrons. The van der Waals surface area contributed by atoms with Crippen LogP contribution in [0.3, 0.4) is 0 Å². The van der Waals surface area contributed by atoms with Crippen molar-refractivity contribution in [3.05, 3.63) is 187 Å². The Balaban J connectivity index is 1.33. The van der Waals surface area contributed by atoms with Gasteiger partial charge in [-0.3, -0.25) is 0 Å². The number of para-hydroxylation sites is 1. The SMILES string of the molecule is C=C/C(=C\C=C(/CC(C)(C)C)c1ccc(C#N)cc1)c1ccc2oc3ccccc3c2c1-c1cccc(-c2nc(-c3ccccc3)nc(-c3ccccc3)n2)c1. The van der Waals surface area contributed by atoms with Crippen molar-refractivity contribution in [2.75, 3.05) is 0 Å². The van der Waals surface area contributed by atoms with Gasteiger partial charge in [-0.2, -0.15) is 5.26 Å². The summed E-state index contributed by atoms with van der Waals surface area (Å²) in [7, 11) is 0. The fourth-order valence-electron chi connectivity index (χ4n) is 7.15. The van der Waals surface area contributed by atoms with Crippen molar-refractivity contribution in [3.63, 3.8) is 0 Å². The third-order valence-corrected chi connectivity index (χ3v) is 9.75. The molecular formula is C51H40N4O. The third-order valence-electron chi connectivity index (χ3n) is 9.75. The number of hydrogen-bond acceptors (Lipinski definition) is 5. The highest BCUT2D eigenvalue weighted by Gasteiger charge is 2.20. The van der Waals surface area contributed by atoms with Gasteiger partial charge in [0, 0.05) is 33.0 Å². The summed E-state index contributed by atoms with van der Waals surface area (Å²) in [6, 6.07) is 50.9. The number of nitrogens with zero attached hydrogens (tertiary/aromatic N) is 4. The molecule has 0 aliphatic heterocycles. The first-order chi connectivity index (χ1) is 27.3. The molecule has 0 atom stereocenters. The average molecular weight is 725 g/mol. The van der Waals surface area contributed by atoms with E-state index >= 15 is 0 Å². The van der Waals surface area contributed by atoms with Crippen LogP contribution < -0.4 is 0 Å². The van der Waals surface area contributed by atoms with Crippen LogP contribution in [0.2, 0.25) is 0 Å². The third kappa shape index (κ3) is 7.46. The molecule has 8 aromatic rings. The van der Waals surface area contributed by atoms with Crippen LogP contribution in [0.1, 0.15) is 43.9 Å². The summed E-state index contributed by atoms with van der Waals surface area (Å²) >= 11 is 0. The van der Waals surface area contributed by atoms with Crippen LogP contribution in [0, 0.1) is 16.7 Å². The van der Waals surface area contributed by atoms with Crippen LogP contribution in [-0.2, 0) is 0 Å². The van der Waals surface area contributed by atoms with Gasteiger partial charge in [0.2, 0.25) is 0 Å². The zero-order valence-electron chi connectivity index (χ0n) is 31.7. The molecule has 0 unspecified atom stereocenters. The fraction of sp³-hybridized carbons (Fsp3) is 0.0980. The van der Waals surface area contributed by atoms with E-state index in [1.54, 1.807) is 0 Å². The van der Waals surface area contributed by atoms with Gasteiger partial charge in [-0.25, -0.2) is 15.0 Å². The Morgan fingerprint density at radius 3 is 1.86 bits per heavy atom. The lowest BCUT2D eigenvalue weighted by molar-refractivity contribution is 0.427. The first-order valence-corrected chi connectivity index (χ1v) is 18.7. The molecule has 0 fully saturated rings. The highest BCUT2D eigenvalue weighted by atomic mass is 16.3. The molecule has 5 nitrogen and oxygen atoms in total. The van der Waals surface area contributed by atoms with Gasteiger partial charge in [0.1, 0.15) is 11.2 Å². The molecule has 6 aromatic carbocycles. The van der Waals surface area contributed by atoms with Crippen molar-refractivity contribution in [1.29, 1.82) is 5.26 Å². The van der Waals surface area contributed by atoms with E-state index in [-0.39, 0.29) is 5.41 Å². The lowest BCUT2D eigenvalue weighted by atomic mass is 9.84. The van der Waals surface area contributed by atoms with Gasteiger partial charge in [-0.05, 0) is 70.0 Å². The summed E-state index contributed by atoms with van der Waals surface area (Å²) in [6.07, 6.45) is 7.13. The molecule has 0 amide bonds. The van der Waals surface area contributed by atoms with Gasteiger partial charge in [0.05, 0.1) is 11.6 Å². The molecule has 0 aliphatic rings. The number of aromatic nitrogens is 3. The number of nitriles is 1. The molecule has 0 saturated heterocycles. The molecule has 8 rings (SSSR count). The zero-order valence-corrected chi connectivity index (χ0v) is 31.7. The summed E-state index contributed by atoms with van der Waals surface area (Å²) in [5.74, 6) is 1.81. The molecular weight excluding hydrogens is 685 g/mol. The van der Waals surface area contributed by atoms with Gasteiger partial charge >= 0.3 is 0 Å². The van der Waals surface area contributed by atoms with E-state index in [1.807, 2.05) is 103 Å². The number of allylic oxidation sites excluding steroid dienone is 5. The molecule has 2 heterocycles. The molecule has 270 valence electrons. The smallest absolute Gasteiger partial charge is 0.164 e. The van der Waals surface area contributed by atoms with Gasteiger partial charge < -0.3 is 4.42 Å². The van der Waals surface area contributed by atoms with Crippen molar-refractivity contribution in [2.24, 2.45) is 5.41 Å². The van der Waals surface area contributed by atoms with Gasteiger partial charge in [-0.15, -0.1) is 0 Å². The number of hydrogen-bond donors (Lipinski definition) is 0. The van der Waals surface area contributed by atoms with Crippen LogP contribution in [-0.4, -0.2) is 15.0 Å². The highest BCUT2D eigenvalue weighted by Crippen LogP contribution is 2.42. The fourth-order valence-corrected chi connectivity index (χ4v) is 7.15. The van der Waals surface area contributed by atoms with E-state index in [0.29, 0.717) is 23.0 Å². The van der Waals surface area contributed by atoms with Crippen LogP contribution in [0.15, 0.2) is 175 Å². The zero-order chi connectivity index (χ0) is 38.6. The van der Waals surface area contributed by atoms with Crippen molar-refractivity contribution >= 4 is 33.1 Å². The number of rotatable bonds is 9. The minimum atomic E-state index is 0.0396. The maximum atomic E-state index is 9.43. The molecule has 0 spiro atoms. The van der Waals surface area contributed by atoms with E-state index in [0.717, 1.165) is 72.9 Å². The number of fused-ring (bicyclic) bond motifs is 3. The minimum absolute atomic E-state index is 0.0396. The summed E-state index contributed by atoms with van der Waals surface area (Å²) in [4.78, 5) is 15.0. The number of benzene rings is 6. The molecule has 5 heteroatoms. The van der Waals surface area contributed by atoms with Crippen LogP contribution in [0.5, 0.6) is 0 Å². The highest BCUT2D eigenvalue weighted by molar-refractivity contribution is 6.15. The van der Waals surface area contributed by atoms with Crippen molar-refractivity contribution < 1.29 is 4.42 Å². The van der Waals surface area contributed by atoms with E-state index in [9.17, 15) is 5.26 Å². The molecule has 0 saturated carbocycles. The van der Waals surface area contributed by atoms with Crippen LogP contribution >= 0.6 is 0 Å². The predicted molar refractivity (Wildman–Crippen MR) is 230 cm³/mol. The molecule has 2 aromatic heterocycles. The van der Waals surface area contributed by atoms with Crippen molar-refractivity contribution in [1.82, 2.24) is 15.0 Å². The maximum Gasteiger partial charge on any atom is 0.164 e. The summed E-state index contributed by atoms with van der Waals surface area (Å²) < 4.78 is 6.44. The lowest BCUT2D eigenvalue weighted by Gasteiger charge is -2.21. The van der Waals surface area contributed by atoms with Crippen LogP contribution in [0.4, 0.5) is 0 Å². The topological polar surface area (TPSA) is 75.6 Å². The molecule has 0 N–H and O–H groups in total. The first-order valence-electron chi connectivity index (χ1n) is 18.7. The summed E-state index contributed by atoms with van der Waals surface area (Å²) in [6.45, 7) is 11.0. The number of furan rings is 1. The monoisotopic (exact) mass is 724 g/mol. The van der Waals surface area contributed by atoms with Gasteiger partial charge in [0.15, 0.2) is 17.5 Å². The second kappa shape index (κ2) is 15.3. The first kappa shape index (κ1) is 35.8. The Labute approximate surface area is 327 Å². The van der Waals surface area contributed by atoms with E-state index < -0.39 is 0 Å². The van der Waals surface area contributed by atoms with Gasteiger partial charge in [-0.1, -0.05) is 161 Å². The predicted octanol–water partition coefficient (Wildman–Crippen LogP) is 13.4. The maximum absolute atomic E-state index is 9.43. The van der Waals surface area contributed by atoms with Crippen LogP contribution in [0.25, 0.3) is 78.4 Å². The molecule has 0 aliphatic carbocycles. The second-order valence-corrected chi connectivity index (χ2v) is 15.0. The average Bonchev–Trinajstić information content (AvgIpc) is 3.62. The normalized spacial score (nSPS) is 12.2.